The molecule has 149 heavy (non-hydrogen) atoms. The third-order valence-corrected chi connectivity index (χ3v) is 28.8. The summed E-state index contributed by atoms with van der Waals surface area (Å²) < 4.78 is 26.0. The number of likely N-dealkylation sites (N-methyl/N-ethyl adjacent to an activating group) is 2. The second-order valence-electron chi connectivity index (χ2n) is 40.2. The molecule has 0 bridgehead atoms. The smallest absolute Gasteiger partial charge is 0.258 e. The molecule has 38 nitrogen and oxygen atoms in total. The summed E-state index contributed by atoms with van der Waals surface area (Å²) in [4.78, 5) is 123. The normalized spacial score (nSPS) is 16.3. The molecule has 0 unspecified atom stereocenters. The van der Waals surface area contributed by atoms with Gasteiger partial charge >= 0.3 is 0 Å². The number of hydrogen-bond acceptors (Lipinski definition) is 29. The molecule has 764 valence electrons. The molecule has 5 fully saturated rings. The maximum atomic E-state index is 13.0. The van der Waals surface area contributed by atoms with E-state index < -0.39 is 0 Å². The molecule has 38 heteroatoms. The molecule has 0 spiro atoms. The molecule has 1 aromatic carbocycles. The van der Waals surface area contributed by atoms with Gasteiger partial charge in [-0.15, -0.1) is 0 Å². The number of pyridine rings is 5. The first kappa shape index (κ1) is 98.8. The monoisotopic (exact) mass is 2000 g/mol. The topological polar surface area (TPSA) is 358 Å². The van der Waals surface area contributed by atoms with Gasteiger partial charge in [0.25, 0.3) is 27.8 Å². The van der Waals surface area contributed by atoms with E-state index in [9.17, 15) is 24.0 Å². The zero-order chi connectivity index (χ0) is 104. The Morgan fingerprint density at radius 1 is 0.383 bits per heavy atom. The lowest BCUT2D eigenvalue weighted by Crippen LogP contribution is -2.57. The highest BCUT2D eigenvalue weighted by Crippen LogP contribution is 2.36. The lowest BCUT2D eigenvalue weighted by Gasteiger charge is -2.40. The fraction of sp³-hybridized carbons (Fsp3) is 0.351. The van der Waals surface area contributed by atoms with E-state index in [1.165, 1.54) is 18.4 Å². The maximum Gasteiger partial charge on any atom is 0.258 e. The van der Waals surface area contributed by atoms with Crippen LogP contribution in [0.15, 0.2) is 213 Å². The van der Waals surface area contributed by atoms with Gasteiger partial charge in [-0.1, -0.05) is 13.0 Å². The molecule has 23 heterocycles. The number of benzene rings is 1. The number of methoxy groups -OCH3 is 2. The van der Waals surface area contributed by atoms with Crippen LogP contribution in [0.2, 0.25) is 0 Å². The molecule has 18 aromatic heterocycles. The lowest BCUT2D eigenvalue weighted by atomic mass is 10.0. The van der Waals surface area contributed by atoms with Gasteiger partial charge in [-0.25, -0.2) is 43.0 Å². The Kier molecular flexibility index (Phi) is 27.1. The van der Waals surface area contributed by atoms with Gasteiger partial charge in [0.2, 0.25) is 0 Å². The number of nitrogens with one attached hydrogen (secondary N) is 2. The van der Waals surface area contributed by atoms with E-state index in [1.54, 1.807) is 84.6 Å². The van der Waals surface area contributed by atoms with Crippen LogP contribution in [-0.4, -0.2) is 270 Å². The van der Waals surface area contributed by atoms with Crippen molar-refractivity contribution in [1.29, 1.82) is 0 Å². The largest absolute Gasteiger partial charge is 0.493 e. The van der Waals surface area contributed by atoms with Crippen LogP contribution in [0.5, 0.6) is 11.5 Å². The zero-order valence-electron chi connectivity index (χ0n) is 87.0. The van der Waals surface area contributed by atoms with E-state index in [2.05, 4.69) is 149 Å². The Morgan fingerprint density at radius 2 is 0.792 bits per heavy atom. The van der Waals surface area contributed by atoms with Crippen molar-refractivity contribution < 1.29 is 9.47 Å². The second kappa shape index (κ2) is 40.9. The van der Waals surface area contributed by atoms with Crippen LogP contribution in [0.25, 0.3) is 113 Å². The average Bonchev–Trinajstić information content (AvgIpc) is 1.68. The van der Waals surface area contributed by atoms with E-state index in [0.717, 1.165) is 231 Å². The number of nitrogens with zero attached hydrogens (tertiary/aromatic N) is 29. The maximum absolute atomic E-state index is 13.0. The van der Waals surface area contributed by atoms with Crippen LogP contribution in [0.4, 0.5) is 22.7 Å². The van der Waals surface area contributed by atoms with Crippen molar-refractivity contribution in [3.8, 4) is 68.3 Å². The molecule has 0 amide bonds. The van der Waals surface area contributed by atoms with Gasteiger partial charge in [-0.3, -0.25) is 75.7 Å². The predicted octanol–water partition coefficient (Wildman–Crippen LogP) is 11.9. The highest BCUT2D eigenvalue weighted by atomic mass is 16.5. The van der Waals surface area contributed by atoms with Crippen molar-refractivity contribution in [3.63, 3.8) is 0 Å². The first-order valence-corrected chi connectivity index (χ1v) is 50.9. The Morgan fingerprint density at radius 3 is 1.23 bits per heavy atom. The molecule has 4 saturated heterocycles. The number of aryl methyl sites for hydroxylation is 9. The summed E-state index contributed by atoms with van der Waals surface area (Å²) in [7, 11) is 5.32. The Bertz CT molecular complexity index is 8790. The van der Waals surface area contributed by atoms with Gasteiger partial charge in [0, 0.05) is 183 Å². The quantitative estimate of drug-likeness (QED) is 0.102. The number of aromatic nitrogens is 22. The highest BCUT2D eigenvalue weighted by molar-refractivity contribution is 5.74. The number of fused-ring (bicyclic) bond motifs is 9. The van der Waals surface area contributed by atoms with Crippen molar-refractivity contribution in [2.45, 2.75) is 127 Å². The summed E-state index contributed by atoms with van der Waals surface area (Å²) in [6.07, 6.45) is 22.8. The summed E-state index contributed by atoms with van der Waals surface area (Å²) in [5.74, 6) is 1.25. The van der Waals surface area contributed by atoms with Crippen molar-refractivity contribution in [3.05, 3.63) is 298 Å². The van der Waals surface area contributed by atoms with E-state index in [0.29, 0.717) is 97.0 Å². The number of anilines is 4. The molecule has 0 radical (unpaired) electrons. The second-order valence-corrected chi connectivity index (χ2v) is 40.2. The van der Waals surface area contributed by atoms with Gasteiger partial charge in [-0.05, 0) is 236 Å². The Balaban J connectivity index is 0.000000109. The summed E-state index contributed by atoms with van der Waals surface area (Å²) in [5, 5.41) is 25.3. The minimum absolute atomic E-state index is 0.0365. The summed E-state index contributed by atoms with van der Waals surface area (Å²) in [6.45, 7) is 43.1. The van der Waals surface area contributed by atoms with Crippen LogP contribution in [-0.2, 0) is 0 Å². The van der Waals surface area contributed by atoms with Gasteiger partial charge in [0.1, 0.15) is 51.0 Å². The number of ether oxygens (including phenoxy) is 2. The fourth-order valence-electron chi connectivity index (χ4n) is 20.8. The first-order valence-electron chi connectivity index (χ1n) is 50.9. The third-order valence-electron chi connectivity index (χ3n) is 28.8. The molecule has 1 aliphatic carbocycles. The average molecular weight is 2000 g/mol. The van der Waals surface area contributed by atoms with E-state index in [1.807, 2.05) is 197 Å². The molecule has 5 aliphatic heterocycles. The summed E-state index contributed by atoms with van der Waals surface area (Å²) >= 11 is 0. The summed E-state index contributed by atoms with van der Waals surface area (Å²) in [5.41, 5.74) is 27.4. The third kappa shape index (κ3) is 20.8. The Hall–Kier alpha value is -16.2. The van der Waals surface area contributed by atoms with E-state index >= 15 is 0 Å². The lowest BCUT2D eigenvalue weighted by molar-refractivity contribution is 0.199. The van der Waals surface area contributed by atoms with Crippen LogP contribution in [0.1, 0.15) is 104 Å². The molecule has 1 atom stereocenters. The molecule has 25 rings (SSSR count). The van der Waals surface area contributed by atoms with Gasteiger partial charge in [0.15, 0.2) is 11.5 Å². The SMILES string of the molecule is CCN1CCN(c2ccc3nc(-c4cc5c(C)nc(C)cn5n4)cc(=O)n3c2)C[C@H]1C.COc1ccc(-c2cc(=O)n3cc(N4CCN(C)CC4)cc(C)c3n2)cc1OC.Cc1cn2nc(-c3cc(=O)n4cc(C5=CCNCC5)ccc4n3)cc2c(C)n1.Cc1cn2nc(-c3cc(=O)n4cc(N5CCN(C6CC6)CC5)ccc4n3)cc2c(C)n1.Cc1cn2nc(-c3cc(=O)n4cc(N5CCNC(C)(C)C5)ccc4n3)cc2c(C)n1. The van der Waals surface area contributed by atoms with Gasteiger partial charge in [-0.2, -0.15) is 20.4 Å². The van der Waals surface area contributed by atoms with Crippen LogP contribution < -0.4 is 67.5 Å². The van der Waals surface area contributed by atoms with E-state index in [-0.39, 0.29) is 33.3 Å². The van der Waals surface area contributed by atoms with Gasteiger partial charge in [0.05, 0.1) is 158 Å². The van der Waals surface area contributed by atoms with Crippen LogP contribution in [0, 0.1) is 62.3 Å². The molecule has 2 N–H and O–H groups in total. The zero-order valence-corrected chi connectivity index (χ0v) is 87.0. The molecule has 6 aliphatic rings. The number of piperazine rings is 4. The van der Waals surface area contributed by atoms with E-state index in [4.69, 9.17) is 29.4 Å². The fourth-order valence-corrected chi connectivity index (χ4v) is 20.8. The molecule has 1 saturated carbocycles. The molecular weight excluding hydrogens is 1880 g/mol. The molecule has 19 aromatic rings. The summed E-state index contributed by atoms with van der Waals surface area (Å²) in [6, 6.07) is 40.3. The van der Waals surface area contributed by atoms with Crippen molar-refractivity contribution in [2.24, 2.45) is 0 Å². The van der Waals surface area contributed by atoms with Crippen molar-refractivity contribution in [1.82, 2.24) is 131 Å². The minimum Gasteiger partial charge on any atom is -0.493 e. The highest BCUT2D eigenvalue weighted by Gasteiger charge is 2.33. The predicted molar refractivity (Wildman–Crippen MR) is 582 cm³/mol. The van der Waals surface area contributed by atoms with Crippen LogP contribution in [0.3, 0.4) is 0 Å². The standard InChI is InChI=1S/C23H25N7O.C23H27N7O.C22H25N7O.C22H26N4O3.C21H20N6O/c1-15-13-30-21(16(2)24-15)11-20(26-30)19-12-23(31)29-14-18(5-6-22(29)25-19)28-9-7-27(8-10-28)17-3-4-17;1-5-27-8-9-28(13-16(27)3)18-6-7-22-25-19(11-23(31)29(22)14-18)20-10-21-17(4)24-15(2)12-30(21)26-20;1-14-11-29-19(15(2)24-14)9-18(26-29)17-10-21(30)28-12-16(5-6-20(28)25-17)27-8-7-23-22(3,4)13-27;1-15-11-17(25-9-7-24(2)8-10-25)14-26-21(27)13-18(23-22(15)26)16-5-6-19(28-3)20(12-16)29-4;1-13-11-27-19(14(2)23-13)9-18(25-27)17-10-21(28)26-12-16(3-4-20(26)24-17)15-5-7-22-8-6-15/h5-6,11-14,17H,3-4,7-10H2,1-2H3;6-7,10-12,14,16H,5,8-9,13H2,1-4H3;5-6,9-12,23H,7-8,13H2,1-4H3;5-6,11-14H,7-10H2,1-4H3;3-5,9-12,22H,6-8H2,1-2H3/t;16-;;;/m.1.../s1. The van der Waals surface area contributed by atoms with Crippen molar-refractivity contribution >= 4 is 78.6 Å². The minimum atomic E-state index is -0.116. The van der Waals surface area contributed by atoms with Crippen molar-refractivity contribution in [2.75, 3.05) is 152 Å². The molecular formula is C111H123N31O7. The van der Waals surface area contributed by atoms with Gasteiger partial charge < -0.3 is 44.6 Å². The first-order chi connectivity index (χ1) is 71.8. The number of hydrogen-bond donors (Lipinski definition) is 2. The Labute approximate surface area is 859 Å². The van der Waals surface area contributed by atoms with Crippen LogP contribution >= 0.6 is 0 Å². The number of rotatable bonds is 14.